The highest BCUT2D eigenvalue weighted by Gasteiger charge is 2.25. The molecule has 152 valence electrons. The van der Waals surface area contributed by atoms with Crippen molar-refractivity contribution in [2.45, 2.75) is 45.1 Å². The molecule has 0 spiro atoms. The smallest absolute Gasteiger partial charge is 0.191 e. The lowest BCUT2D eigenvalue weighted by atomic mass is 9.84. The number of methoxy groups -OCH3 is 2. The monoisotopic (exact) mass is 376 g/mol. The Hall–Kier alpha value is -1.95. The Morgan fingerprint density at radius 3 is 2.59 bits per heavy atom. The number of aliphatic imine (C=N–C) groups is 1. The maximum atomic E-state index is 5.45. The van der Waals surface area contributed by atoms with E-state index < -0.39 is 0 Å². The number of hydrogen-bond donors (Lipinski definition) is 2. The van der Waals surface area contributed by atoms with Crippen molar-refractivity contribution in [2.24, 2.45) is 4.99 Å². The number of likely N-dealkylation sites (N-methyl/N-ethyl adjacent to an activating group) is 1. The van der Waals surface area contributed by atoms with Crippen LogP contribution in [0.3, 0.4) is 0 Å². The summed E-state index contributed by atoms with van der Waals surface area (Å²) in [6.07, 6.45) is 2.55. The van der Waals surface area contributed by atoms with Crippen LogP contribution < -0.4 is 20.1 Å². The van der Waals surface area contributed by atoms with E-state index in [0.29, 0.717) is 6.04 Å². The van der Waals surface area contributed by atoms with Gasteiger partial charge in [0.1, 0.15) is 0 Å². The van der Waals surface area contributed by atoms with Gasteiger partial charge in [-0.2, -0.15) is 0 Å². The molecule has 1 unspecified atom stereocenters. The Morgan fingerprint density at radius 1 is 1.22 bits per heavy atom. The molecule has 2 N–H and O–H groups in total. The van der Waals surface area contributed by atoms with Gasteiger partial charge in [0, 0.05) is 31.6 Å². The summed E-state index contributed by atoms with van der Waals surface area (Å²) in [5.74, 6) is 2.36. The Labute approximate surface area is 164 Å². The van der Waals surface area contributed by atoms with Crippen molar-refractivity contribution in [3.8, 4) is 11.5 Å². The van der Waals surface area contributed by atoms with E-state index in [9.17, 15) is 0 Å². The average Bonchev–Trinajstić information content (AvgIpc) is 3.15. The van der Waals surface area contributed by atoms with Gasteiger partial charge in [-0.15, -0.1) is 0 Å². The van der Waals surface area contributed by atoms with E-state index in [1.807, 2.05) is 19.2 Å². The average molecular weight is 377 g/mol. The van der Waals surface area contributed by atoms with Crippen LogP contribution in [0.5, 0.6) is 11.5 Å². The number of guanidine groups is 1. The summed E-state index contributed by atoms with van der Waals surface area (Å²) < 4.78 is 10.8. The first-order valence-electron chi connectivity index (χ1n) is 9.86. The minimum atomic E-state index is -0.0833. The Morgan fingerprint density at radius 2 is 1.96 bits per heavy atom. The molecule has 0 aromatic heterocycles. The van der Waals surface area contributed by atoms with Crippen molar-refractivity contribution >= 4 is 5.96 Å². The molecular formula is C21H36N4O2. The van der Waals surface area contributed by atoms with Crippen LogP contribution in [0.4, 0.5) is 0 Å². The number of ether oxygens (including phenoxy) is 2. The molecular weight excluding hydrogens is 340 g/mol. The zero-order valence-corrected chi connectivity index (χ0v) is 17.8. The first-order chi connectivity index (χ1) is 12.9. The summed E-state index contributed by atoms with van der Waals surface area (Å²) in [7, 11) is 5.15. The van der Waals surface area contributed by atoms with E-state index >= 15 is 0 Å². The van der Waals surface area contributed by atoms with Crippen molar-refractivity contribution in [3.05, 3.63) is 23.8 Å². The van der Waals surface area contributed by atoms with E-state index in [-0.39, 0.29) is 5.41 Å². The van der Waals surface area contributed by atoms with Gasteiger partial charge < -0.3 is 20.1 Å². The molecule has 0 saturated carbocycles. The number of nitrogens with one attached hydrogen (secondary N) is 2. The van der Waals surface area contributed by atoms with E-state index in [1.54, 1.807) is 14.2 Å². The molecule has 27 heavy (non-hydrogen) atoms. The van der Waals surface area contributed by atoms with Crippen molar-refractivity contribution in [2.75, 3.05) is 47.4 Å². The molecule has 2 rings (SSSR count). The van der Waals surface area contributed by atoms with Crippen molar-refractivity contribution in [1.29, 1.82) is 0 Å². The van der Waals surface area contributed by atoms with Gasteiger partial charge in [0.25, 0.3) is 0 Å². The topological polar surface area (TPSA) is 58.1 Å². The summed E-state index contributed by atoms with van der Waals surface area (Å²) in [5.41, 5.74) is 1.11. The van der Waals surface area contributed by atoms with Crippen LogP contribution in [0.25, 0.3) is 0 Å². The third-order valence-corrected chi connectivity index (χ3v) is 5.50. The van der Waals surface area contributed by atoms with Crippen LogP contribution in [0.1, 0.15) is 39.2 Å². The van der Waals surface area contributed by atoms with Gasteiger partial charge in [-0.1, -0.05) is 26.8 Å². The molecule has 0 aliphatic carbocycles. The maximum Gasteiger partial charge on any atom is 0.191 e. The molecule has 6 heteroatoms. The van der Waals surface area contributed by atoms with Gasteiger partial charge in [-0.3, -0.25) is 9.89 Å². The fourth-order valence-electron chi connectivity index (χ4n) is 3.64. The second kappa shape index (κ2) is 9.83. The molecule has 6 nitrogen and oxygen atoms in total. The molecule has 1 atom stereocenters. The fraction of sp³-hybridized carbons (Fsp3) is 0.667. The molecule has 1 saturated heterocycles. The third kappa shape index (κ3) is 5.51. The van der Waals surface area contributed by atoms with Gasteiger partial charge >= 0.3 is 0 Å². The Kier molecular flexibility index (Phi) is 7.78. The summed E-state index contributed by atoms with van der Waals surface area (Å²) >= 11 is 0. The lowest BCUT2D eigenvalue weighted by molar-refractivity contribution is 0.267. The number of nitrogens with zero attached hydrogens (tertiary/aromatic N) is 2. The summed E-state index contributed by atoms with van der Waals surface area (Å²) in [5, 5.41) is 6.97. The molecule has 1 fully saturated rings. The quantitative estimate of drug-likeness (QED) is 0.540. The molecule has 1 aliphatic rings. The predicted octanol–water partition coefficient (Wildman–Crippen LogP) is 2.63. The van der Waals surface area contributed by atoms with E-state index in [0.717, 1.165) is 37.1 Å². The molecule has 0 amide bonds. The van der Waals surface area contributed by atoms with Crippen LogP contribution in [0, 0.1) is 0 Å². The van der Waals surface area contributed by atoms with Crippen LogP contribution in [0.2, 0.25) is 0 Å². The highest BCUT2D eigenvalue weighted by atomic mass is 16.5. The minimum absolute atomic E-state index is 0.0833. The third-order valence-electron chi connectivity index (χ3n) is 5.50. The second-order valence-electron chi connectivity index (χ2n) is 7.68. The maximum absolute atomic E-state index is 5.45. The molecule has 1 heterocycles. The molecule has 1 aromatic rings. The van der Waals surface area contributed by atoms with Crippen LogP contribution in [-0.4, -0.2) is 64.3 Å². The zero-order chi connectivity index (χ0) is 19.9. The highest BCUT2D eigenvalue weighted by molar-refractivity contribution is 5.79. The van der Waals surface area contributed by atoms with Gasteiger partial charge in [-0.25, -0.2) is 0 Å². The predicted molar refractivity (Wildman–Crippen MR) is 112 cm³/mol. The van der Waals surface area contributed by atoms with Crippen molar-refractivity contribution < 1.29 is 9.47 Å². The lowest BCUT2D eigenvalue weighted by Gasteiger charge is -2.28. The summed E-state index contributed by atoms with van der Waals surface area (Å²) in [4.78, 5) is 6.92. The van der Waals surface area contributed by atoms with Crippen LogP contribution in [0.15, 0.2) is 23.2 Å². The number of hydrogen-bond acceptors (Lipinski definition) is 4. The standard InChI is InChI=1S/C21H36N4O2/c1-7-25-12-8-9-17(25)14-23-20(22-4)24-15-21(2,3)16-10-11-18(26-5)19(13-16)27-6/h10-11,13,17H,7-9,12,14-15H2,1-6H3,(H2,22,23,24). The van der Waals surface area contributed by atoms with Gasteiger partial charge in [0.2, 0.25) is 0 Å². The first kappa shape index (κ1) is 21.4. The molecule has 1 aromatic carbocycles. The second-order valence-corrected chi connectivity index (χ2v) is 7.68. The first-order valence-corrected chi connectivity index (χ1v) is 9.86. The van der Waals surface area contributed by atoms with Crippen LogP contribution in [-0.2, 0) is 5.41 Å². The Bertz CT molecular complexity index is 631. The number of likely N-dealkylation sites (tertiary alicyclic amines) is 1. The van der Waals surface area contributed by atoms with Crippen molar-refractivity contribution in [3.63, 3.8) is 0 Å². The van der Waals surface area contributed by atoms with Gasteiger partial charge in [0.05, 0.1) is 14.2 Å². The highest BCUT2D eigenvalue weighted by Crippen LogP contribution is 2.32. The molecule has 0 bridgehead atoms. The van der Waals surface area contributed by atoms with Gasteiger partial charge in [-0.05, 0) is 43.6 Å². The largest absolute Gasteiger partial charge is 0.493 e. The zero-order valence-electron chi connectivity index (χ0n) is 17.8. The molecule has 1 aliphatic heterocycles. The summed E-state index contributed by atoms with van der Waals surface area (Å²) in [6.45, 7) is 10.7. The van der Waals surface area contributed by atoms with Crippen LogP contribution >= 0.6 is 0 Å². The molecule has 0 radical (unpaired) electrons. The fourth-order valence-corrected chi connectivity index (χ4v) is 3.64. The number of rotatable bonds is 8. The normalized spacial score (nSPS) is 18.4. The van der Waals surface area contributed by atoms with E-state index in [1.165, 1.54) is 24.9 Å². The summed E-state index contributed by atoms with van der Waals surface area (Å²) in [6, 6.07) is 6.71. The number of benzene rings is 1. The van der Waals surface area contributed by atoms with E-state index in [2.05, 4.69) is 47.4 Å². The minimum Gasteiger partial charge on any atom is -0.493 e. The van der Waals surface area contributed by atoms with Gasteiger partial charge in [0.15, 0.2) is 17.5 Å². The Balaban J connectivity index is 1.94. The SMILES string of the molecule is CCN1CCCC1CNC(=NC)NCC(C)(C)c1ccc(OC)c(OC)c1. The lowest BCUT2D eigenvalue weighted by Crippen LogP contribution is -2.47. The van der Waals surface area contributed by atoms with Crippen molar-refractivity contribution in [1.82, 2.24) is 15.5 Å². The van der Waals surface area contributed by atoms with E-state index in [4.69, 9.17) is 9.47 Å².